The molecule has 1 unspecified atom stereocenters. The van der Waals surface area contributed by atoms with Gasteiger partial charge < -0.3 is 9.26 Å². The Balaban J connectivity index is 1.79. The molecule has 2 heterocycles. The van der Waals surface area contributed by atoms with Gasteiger partial charge in [-0.3, -0.25) is 4.79 Å². The average molecular weight is 306 g/mol. The topological polar surface area (TPSA) is 65.2 Å². The third-order valence-corrected chi connectivity index (χ3v) is 4.87. The summed E-state index contributed by atoms with van der Waals surface area (Å²) in [5.41, 5.74) is 0. The molecule has 2 aromatic rings. The Morgan fingerprint density at radius 1 is 1.52 bits per heavy atom. The Labute approximate surface area is 127 Å². The van der Waals surface area contributed by atoms with Crippen molar-refractivity contribution in [1.82, 2.24) is 10.1 Å². The summed E-state index contributed by atoms with van der Waals surface area (Å²) in [5.74, 6) is 0.599. The zero-order valence-corrected chi connectivity index (χ0v) is 12.8. The predicted octanol–water partition coefficient (Wildman–Crippen LogP) is 3.17. The van der Waals surface area contributed by atoms with E-state index in [1.807, 2.05) is 17.5 Å². The average Bonchev–Trinajstić information content (AvgIpc) is 3.22. The second-order valence-corrected chi connectivity index (χ2v) is 6.38. The highest BCUT2D eigenvalue weighted by Crippen LogP contribution is 2.37. The maximum atomic E-state index is 12.1. The Morgan fingerprint density at radius 2 is 2.33 bits per heavy atom. The molecule has 6 heteroatoms. The van der Waals surface area contributed by atoms with Crippen LogP contribution in [0.1, 0.15) is 48.2 Å². The van der Waals surface area contributed by atoms with Crippen molar-refractivity contribution in [2.45, 2.75) is 38.0 Å². The van der Waals surface area contributed by atoms with Crippen molar-refractivity contribution in [3.8, 4) is 0 Å². The zero-order valence-electron chi connectivity index (χ0n) is 11.9. The number of hydrogen-bond acceptors (Lipinski definition) is 6. The summed E-state index contributed by atoms with van der Waals surface area (Å²) in [6.07, 6.45) is 4.97. The van der Waals surface area contributed by atoms with Crippen LogP contribution in [-0.4, -0.2) is 23.2 Å². The van der Waals surface area contributed by atoms with Gasteiger partial charge in [0, 0.05) is 11.3 Å². The quantitative estimate of drug-likeness (QED) is 0.794. The molecule has 1 saturated carbocycles. The Morgan fingerprint density at radius 3 is 3.00 bits per heavy atom. The first kappa shape index (κ1) is 14.3. The molecule has 0 radical (unpaired) electrons. The Hall–Kier alpha value is -1.69. The van der Waals surface area contributed by atoms with Gasteiger partial charge in [0.25, 0.3) is 0 Å². The van der Waals surface area contributed by atoms with Crippen molar-refractivity contribution in [2.24, 2.45) is 5.92 Å². The van der Waals surface area contributed by atoms with E-state index < -0.39 is 5.92 Å². The number of nitrogens with zero attached hydrogens (tertiary/aromatic N) is 2. The van der Waals surface area contributed by atoms with Crippen LogP contribution in [0.15, 0.2) is 22.0 Å². The number of esters is 1. The molecule has 0 aromatic carbocycles. The summed E-state index contributed by atoms with van der Waals surface area (Å²) in [6.45, 7) is 0. The largest absolute Gasteiger partial charge is 0.468 e. The van der Waals surface area contributed by atoms with Crippen LogP contribution in [0, 0.1) is 5.92 Å². The van der Waals surface area contributed by atoms with Crippen LogP contribution < -0.4 is 0 Å². The minimum atomic E-state index is -0.415. The maximum Gasteiger partial charge on any atom is 0.318 e. The maximum absolute atomic E-state index is 12.1. The number of aromatic nitrogens is 2. The van der Waals surface area contributed by atoms with Crippen LogP contribution >= 0.6 is 11.3 Å². The Bertz CT molecular complexity index is 588. The van der Waals surface area contributed by atoms with Gasteiger partial charge in [0.1, 0.15) is 5.92 Å². The van der Waals surface area contributed by atoms with Gasteiger partial charge in [-0.1, -0.05) is 24.1 Å². The van der Waals surface area contributed by atoms with E-state index in [1.54, 1.807) is 11.3 Å². The first-order chi connectivity index (χ1) is 10.3. The summed E-state index contributed by atoms with van der Waals surface area (Å²) < 4.78 is 10.3. The lowest BCUT2D eigenvalue weighted by Gasteiger charge is -2.16. The van der Waals surface area contributed by atoms with Gasteiger partial charge in [0.05, 0.1) is 7.11 Å². The fourth-order valence-electron chi connectivity index (χ4n) is 2.95. The molecule has 1 aliphatic rings. The van der Waals surface area contributed by atoms with Crippen molar-refractivity contribution in [3.05, 3.63) is 34.1 Å². The molecule has 112 valence electrons. The molecule has 0 aliphatic heterocycles. The van der Waals surface area contributed by atoms with Gasteiger partial charge in [0.15, 0.2) is 5.82 Å². The molecular weight excluding hydrogens is 288 g/mol. The van der Waals surface area contributed by atoms with E-state index in [2.05, 4.69) is 10.1 Å². The first-order valence-corrected chi connectivity index (χ1v) is 8.08. The Kier molecular flexibility index (Phi) is 4.34. The minimum absolute atomic E-state index is 0.257. The monoisotopic (exact) mass is 306 g/mol. The SMILES string of the molecule is COC(=O)C(c1nc(Cc2cccs2)no1)C1CCCC1. The van der Waals surface area contributed by atoms with Crippen molar-refractivity contribution < 1.29 is 14.1 Å². The molecule has 0 saturated heterocycles. The molecule has 0 amide bonds. The van der Waals surface area contributed by atoms with Crippen molar-refractivity contribution in [2.75, 3.05) is 7.11 Å². The van der Waals surface area contributed by atoms with E-state index in [0.29, 0.717) is 18.1 Å². The summed E-state index contributed by atoms with van der Waals surface area (Å²) >= 11 is 1.66. The van der Waals surface area contributed by atoms with Gasteiger partial charge in [-0.05, 0) is 30.2 Å². The normalized spacial score (nSPS) is 17.0. The summed E-state index contributed by atoms with van der Waals surface area (Å²) in [7, 11) is 1.41. The van der Waals surface area contributed by atoms with E-state index in [9.17, 15) is 4.79 Å². The number of hydrogen-bond donors (Lipinski definition) is 0. The zero-order chi connectivity index (χ0) is 14.7. The molecule has 3 rings (SSSR count). The third kappa shape index (κ3) is 3.15. The van der Waals surface area contributed by atoms with Crippen molar-refractivity contribution in [1.29, 1.82) is 0 Å². The minimum Gasteiger partial charge on any atom is -0.468 e. The molecule has 5 nitrogen and oxygen atoms in total. The second kappa shape index (κ2) is 6.39. The number of rotatable bonds is 5. The molecule has 1 atom stereocenters. The molecule has 1 fully saturated rings. The third-order valence-electron chi connectivity index (χ3n) is 3.99. The number of ether oxygens (including phenoxy) is 1. The number of carbonyl (C=O) groups is 1. The smallest absolute Gasteiger partial charge is 0.318 e. The summed E-state index contributed by atoms with van der Waals surface area (Å²) in [4.78, 5) is 17.7. The van der Waals surface area contributed by atoms with Crippen LogP contribution in [0.2, 0.25) is 0 Å². The van der Waals surface area contributed by atoms with E-state index in [1.165, 1.54) is 12.0 Å². The van der Waals surface area contributed by atoms with Gasteiger partial charge in [-0.25, -0.2) is 0 Å². The number of carbonyl (C=O) groups excluding carboxylic acids is 1. The highest BCUT2D eigenvalue weighted by Gasteiger charge is 2.37. The fraction of sp³-hybridized carbons (Fsp3) is 0.533. The standard InChI is InChI=1S/C15H18N2O3S/c1-19-15(18)13(10-5-2-3-6-10)14-16-12(17-20-14)9-11-7-4-8-21-11/h4,7-8,10,13H,2-3,5-6,9H2,1H3. The lowest BCUT2D eigenvalue weighted by Crippen LogP contribution is -2.21. The second-order valence-electron chi connectivity index (χ2n) is 5.35. The number of thiophene rings is 1. The van der Waals surface area contributed by atoms with Gasteiger partial charge >= 0.3 is 5.97 Å². The van der Waals surface area contributed by atoms with Gasteiger partial charge in [0.2, 0.25) is 5.89 Å². The van der Waals surface area contributed by atoms with Crippen molar-refractivity contribution >= 4 is 17.3 Å². The lowest BCUT2D eigenvalue weighted by molar-refractivity contribution is -0.144. The highest BCUT2D eigenvalue weighted by molar-refractivity contribution is 7.09. The van der Waals surface area contributed by atoms with Crippen LogP contribution in [0.5, 0.6) is 0 Å². The molecular formula is C15H18N2O3S. The lowest BCUT2D eigenvalue weighted by atomic mass is 9.91. The molecule has 0 bridgehead atoms. The van der Waals surface area contributed by atoms with Crippen molar-refractivity contribution in [3.63, 3.8) is 0 Å². The summed E-state index contributed by atoms with van der Waals surface area (Å²) in [5, 5.41) is 6.03. The van der Waals surface area contributed by atoms with Crippen LogP contribution in [0.25, 0.3) is 0 Å². The predicted molar refractivity (Wildman–Crippen MR) is 78.1 cm³/mol. The fourth-order valence-corrected chi connectivity index (χ4v) is 3.65. The van der Waals surface area contributed by atoms with E-state index >= 15 is 0 Å². The summed E-state index contributed by atoms with van der Waals surface area (Å²) in [6, 6.07) is 4.03. The van der Waals surface area contributed by atoms with Gasteiger partial charge in [-0.15, -0.1) is 11.3 Å². The van der Waals surface area contributed by atoms with E-state index in [-0.39, 0.29) is 11.9 Å². The molecule has 0 N–H and O–H groups in total. The number of methoxy groups -OCH3 is 1. The van der Waals surface area contributed by atoms with Crippen LogP contribution in [0.3, 0.4) is 0 Å². The molecule has 21 heavy (non-hydrogen) atoms. The molecule has 1 aliphatic carbocycles. The van der Waals surface area contributed by atoms with E-state index in [0.717, 1.165) is 25.7 Å². The van der Waals surface area contributed by atoms with Gasteiger partial charge in [-0.2, -0.15) is 4.98 Å². The molecule has 0 spiro atoms. The van der Waals surface area contributed by atoms with E-state index in [4.69, 9.17) is 9.26 Å². The highest BCUT2D eigenvalue weighted by atomic mass is 32.1. The van der Waals surface area contributed by atoms with Crippen LogP contribution in [0.4, 0.5) is 0 Å². The van der Waals surface area contributed by atoms with Crippen LogP contribution in [-0.2, 0) is 16.0 Å². The molecule has 2 aromatic heterocycles. The first-order valence-electron chi connectivity index (χ1n) is 7.20.